The number of nitrogens with zero attached hydrogens (tertiary/aromatic N) is 7. The average molecular weight is 572 g/mol. The van der Waals surface area contributed by atoms with Crippen LogP contribution in [-0.4, -0.2) is 78.3 Å². The third kappa shape index (κ3) is 6.20. The Hall–Kier alpha value is -3.56. The highest BCUT2D eigenvalue weighted by Crippen LogP contribution is 2.40. The Morgan fingerprint density at radius 3 is 2.64 bits per heavy atom. The van der Waals surface area contributed by atoms with Gasteiger partial charge in [-0.3, -0.25) is 0 Å². The van der Waals surface area contributed by atoms with Crippen molar-refractivity contribution in [2.24, 2.45) is 4.99 Å². The number of nitriles is 1. The summed E-state index contributed by atoms with van der Waals surface area (Å²) in [6.07, 6.45) is 4.50. The molecule has 2 atom stereocenters. The second-order valence-corrected chi connectivity index (χ2v) is 9.84. The van der Waals surface area contributed by atoms with Gasteiger partial charge in [-0.2, -0.15) is 10.4 Å². The fourth-order valence-corrected chi connectivity index (χ4v) is 5.22. The van der Waals surface area contributed by atoms with Crippen molar-refractivity contribution in [1.82, 2.24) is 19.7 Å². The maximum Gasteiger partial charge on any atom is 0.302 e. The first-order chi connectivity index (χ1) is 19.0. The van der Waals surface area contributed by atoms with Gasteiger partial charge in [0.15, 0.2) is 0 Å². The van der Waals surface area contributed by atoms with E-state index in [4.69, 9.17) is 47.4 Å². The molecule has 2 unspecified atom stereocenters. The number of hydrogen-bond donors (Lipinski definition) is 0. The number of hydrogen-bond acceptors (Lipinski definition) is 9. The fourth-order valence-electron chi connectivity index (χ4n) is 4.67. The number of anilines is 1. The zero-order chi connectivity index (χ0) is 27.2. The first-order valence-corrected chi connectivity index (χ1v) is 13.1. The molecule has 3 aromatic rings. The number of rotatable bonds is 7. The second-order valence-electron chi connectivity index (χ2n) is 9.00. The molecule has 0 radical (unpaired) electrons. The van der Waals surface area contributed by atoms with Gasteiger partial charge in [0.1, 0.15) is 37.7 Å². The SMILES string of the molecule is COC(=NC#N)N1CCN(c2ccc(OCC3COC(Cn4cncn4)(c4ccc(Cl)cc4Cl)O3)cc2)CC1. The van der Waals surface area contributed by atoms with Crippen molar-refractivity contribution in [3.8, 4) is 11.9 Å². The molecule has 0 N–H and O–H groups in total. The van der Waals surface area contributed by atoms with Crippen LogP contribution in [0.1, 0.15) is 5.56 Å². The summed E-state index contributed by atoms with van der Waals surface area (Å²) in [6, 6.07) is 13.5. The maximum atomic E-state index is 8.82. The van der Waals surface area contributed by atoms with Gasteiger partial charge in [0.05, 0.1) is 18.7 Å². The molecule has 0 amide bonds. The molecule has 0 bridgehead atoms. The van der Waals surface area contributed by atoms with Crippen LogP contribution in [-0.2, 0) is 26.5 Å². The Labute approximate surface area is 236 Å². The van der Waals surface area contributed by atoms with Crippen molar-refractivity contribution >= 4 is 34.9 Å². The Morgan fingerprint density at radius 1 is 1.18 bits per heavy atom. The predicted octanol–water partition coefficient (Wildman–Crippen LogP) is 3.54. The topological polar surface area (TPSA) is 110 Å². The molecule has 13 heteroatoms. The summed E-state index contributed by atoms with van der Waals surface area (Å²) in [5.74, 6) is -0.433. The molecule has 2 aliphatic heterocycles. The smallest absolute Gasteiger partial charge is 0.302 e. The van der Waals surface area contributed by atoms with Crippen molar-refractivity contribution < 1.29 is 18.9 Å². The third-order valence-corrected chi connectivity index (χ3v) is 7.10. The van der Waals surface area contributed by atoms with E-state index in [1.807, 2.05) is 29.2 Å². The summed E-state index contributed by atoms with van der Waals surface area (Å²) in [6.45, 7) is 3.85. The van der Waals surface area contributed by atoms with Crippen molar-refractivity contribution in [3.63, 3.8) is 0 Å². The van der Waals surface area contributed by atoms with E-state index in [0.717, 1.165) is 24.5 Å². The zero-order valence-electron chi connectivity index (χ0n) is 21.2. The Balaban J connectivity index is 1.19. The minimum absolute atomic E-state index is 0.265. The van der Waals surface area contributed by atoms with Gasteiger partial charge in [0, 0.05) is 42.5 Å². The summed E-state index contributed by atoms with van der Waals surface area (Å²) < 4.78 is 25.5. The van der Waals surface area contributed by atoms with Gasteiger partial charge in [-0.05, 0) is 36.4 Å². The molecule has 3 heterocycles. The lowest BCUT2D eigenvalue weighted by Gasteiger charge is -2.36. The van der Waals surface area contributed by atoms with Crippen LogP contribution in [0.25, 0.3) is 0 Å². The molecule has 2 fully saturated rings. The minimum Gasteiger partial charge on any atom is -0.491 e. The average Bonchev–Trinajstić information content (AvgIpc) is 3.61. The summed E-state index contributed by atoms with van der Waals surface area (Å²) in [7, 11) is 1.52. The summed E-state index contributed by atoms with van der Waals surface area (Å²) in [4.78, 5) is 12.0. The Morgan fingerprint density at radius 2 is 1.97 bits per heavy atom. The van der Waals surface area contributed by atoms with Gasteiger partial charge in [-0.15, -0.1) is 4.99 Å². The maximum absolute atomic E-state index is 8.82. The van der Waals surface area contributed by atoms with E-state index in [1.54, 1.807) is 35.4 Å². The first-order valence-electron chi connectivity index (χ1n) is 12.3. The van der Waals surface area contributed by atoms with Gasteiger partial charge in [-0.25, -0.2) is 9.67 Å². The molecule has 2 aromatic carbocycles. The molecule has 39 heavy (non-hydrogen) atoms. The molecule has 0 saturated carbocycles. The molecular formula is C26H27Cl2N7O4. The normalized spacial score (nSPS) is 21.6. The number of aromatic nitrogens is 3. The molecule has 1 aromatic heterocycles. The summed E-state index contributed by atoms with van der Waals surface area (Å²) in [5.41, 5.74) is 1.75. The predicted molar refractivity (Wildman–Crippen MR) is 145 cm³/mol. The van der Waals surface area contributed by atoms with E-state index in [9.17, 15) is 0 Å². The molecular weight excluding hydrogens is 545 g/mol. The van der Waals surface area contributed by atoms with E-state index >= 15 is 0 Å². The molecule has 11 nitrogen and oxygen atoms in total. The monoisotopic (exact) mass is 571 g/mol. The first kappa shape index (κ1) is 27.0. The molecule has 0 spiro atoms. The minimum atomic E-state index is -1.16. The van der Waals surface area contributed by atoms with Gasteiger partial charge < -0.3 is 28.7 Å². The van der Waals surface area contributed by atoms with Crippen LogP contribution in [0.3, 0.4) is 0 Å². The van der Waals surface area contributed by atoms with Crippen LogP contribution < -0.4 is 9.64 Å². The number of amidine groups is 1. The standard InChI is InChI=1S/C26H27Cl2N7O4/c1-36-25(31-16-29)34-10-8-33(9-11-34)20-3-5-21(6-4-20)37-13-22-14-38-26(39-22,15-35-18-30-17-32-35)23-7-2-19(27)12-24(23)28/h2-7,12,17-18,22H,8-11,13-15H2,1H3. The number of piperazine rings is 1. The van der Waals surface area contributed by atoms with E-state index < -0.39 is 5.79 Å². The van der Waals surface area contributed by atoms with Crippen molar-refractivity contribution in [3.05, 3.63) is 70.7 Å². The lowest BCUT2D eigenvalue weighted by atomic mass is 10.1. The van der Waals surface area contributed by atoms with E-state index in [1.165, 1.54) is 13.4 Å². The van der Waals surface area contributed by atoms with Crippen LogP contribution >= 0.6 is 23.2 Å². The Bertz CT molecular complexity index is 1330. The van der Waals surface area contributed by atoms with Gasteiger partial charge >= 0.3 is 6.02 Å². The van der Waals surface area contributed by atoms with Crippen LogP contribution in [0.5, 0.6) is 5.75 Å². The van der Waals surface area contributed by atoms with Crippen LogP contribution in [0.2, 0.25) is 10.0 Å². The molecule has 204 valence electrons. The third-order valence-electron chi connectivity index (χ3n) is 6.55. The van der Waals surface area contributed by atoms with Crippen molar-refractivity contribution in [2.75, 3.05) is 51.4 Å². The van der Waals surface area contributed by atoms with Crippen LogP contribution in [0.4, 0.5) is 5.69 Å². The van der Waals surface area contributed by atoms with Crippen LogP contribution in [0.15, 0.2) is 60.1 Å². The van der Waals surface area contributed by atoms with Gasteiger partial charge in [-0.1, -0.05) is 29.3 Å². The van der Waals surface area contributed by atoms with E-state index in [-0.39, 0.29) is 12.6 Å². The van der Waals surface area contributed by atoms with Gasteiger partial charge in [0.2, 0.25) is 12.0 Å². The number of benzene rings is 2. The van der Waals surface area contributed by atoms with Crippen molar-refractivity contribution in [2.45, 2.75) is 18.4 Å². The number of methoxy groups -OCH3 is 1. The summed E-state index contributed by atoms with van der Waals surface area (Å²) >= 11 is 12.6. The second kappa shape index (κ2) is 12.1. The molecule has 2 aliphatic rings. The molecule has 2 saturated heterocycles. The highest BCUT2D eigenvalue weighted by Gasteiger charge is 2.45. The summed E-state index contributed by atoms with van der Waals surface area (Å²) in [5, 5.41) is 14.0. The van der Waals surface area contributed by atoms with Crippen LogP contribution in [0, 0.1) is 11.5 Å². The fraction of sp³-hybridized carbons (Fsp3) is 0.385. The largest absolute Gasteiger partial charge is 0.491 e. The number of aliphatic imine (C=N–C) groups is 1. The lowest BCUT2D eigenvalue weighted by molar-refractivity contribution is -0.190. The Kier molecular flexibility index (Phi) is 8.38. The van der Waals surface area contributed by atoms with E-state index in [0.29, 0.717) is 47.9 Å². The number of halogens is 2. The highest BCUT2D eigenvalue weighted by atomic mass is 35.5. The molecule has 0 aliphatic carbocycles. The molecule has 5 rings (SSSR count). The lowest BCUT2D eigenvalue weighted by Crippen LogP contribution is -2.49. The quantitative estimate of drug-likeness (QED) is 0.239. The van der Waals surface area contributed by atoms with E-state index in [2.05, 4.69) is 20.0 Å². The highest BCUT2D eigenvalue weighted by molar-refractivity contribution is 6.35. The number of ether oxygens (including phenoxy) is 4. The zero-order valence-corrected chi connectivity index (χ0v) is 22.8. The van der Waals surface area contributed by atoms with Crippen molar-refractivity contribution in [1.29, 1.82) is 5.26 Å². The van der Waals surface area contributed by atoms with Gasteiger partial charge in [0.25, 0.3) is 0 Å².